The van der Waals surface area contributed by atoms with Crippen LogP contribution in [-0.2, 0) is 6.54 Å². The van der Waals surface area contributed by atoms with Gasteiger partial charge in [0, 0.05) is 5.56 Å². The van der Waals surface area contributed by atoms with E-state index in [1.54, 1.807) is 24.1 Å². The molecule has 0 aliphatic heterocycles. The maximum absolute atomic E-state index is 5.74. The zero-order valence-electron chi connectivity index (χ0n) is 8.55. The smallest absolute Gasteiger partial charge is 0.123 e. The number of methoxy groups -OCH3 is 1. The minimum atomic E-state index is 0.628. The number of hydrogen-bond donors (Lipinski definition) is 1. The maximum atomic E-state index is 5.74. The molecule has 0 unspecified atom stereocenters. The second-order valence-electron chi connectivity index (χ2n) is 3.23. The van der Waals surface area contributed by atoms with Crippen LogP contribution in [0.25, 0.3) is 0 Å². The SMILES string of the molecule is COc1ccccc1Cn1nccc1N. The van der Waals surface area contributed by atoms with Gasteiger partial charge in [0.25, 0.3) is 0 Å². The average molecular weight is 203 g/mol. The quantitative estimate of drug-likeness (QED) is 0.822. The molecule has 0 fully saturated rings. The van der Waals surface area contributed by atoms with Crippen LogP contribution >= 0.6 is 0 Å². The third-order valence-electron chi connectivity index (χ3n) is 2.26. The van der Waals surface area contributed by atoms with Crippen molar-refractivity contribution in [1.29, 1.82) is 0 Å². The van der Waals surface area contributed by atoms with Gasteiger partial charge in [-0.15, -0.1) is 0 Å². The van der Waals surface area contributed by atoms with Crippen LogP contribution in [0.5, 0.6) is 5.75 Å². The minimum absolute atomic E-state index is 0.628. The van der Waals surface area contributed by atoms with Crippen LogP contribution in [0.1, 0.15) is 5.56 Å². The number of nitrogen functional groups attached to an aromatic ring is 1. The standard InChI is InChI=1S/C11H13N3O/c1-15-10-5-3-2-4-9(10)8-14-11(12)6-7-13-14/h2-7H,8,12H2,1H3. The highest BCUT2D eigenvalue weighted by molar-refractivity contribution is 5.35. The van der Waals surface area contributed by atoms with Crippen LogP contribution in [0.2, 0.25) is 0 Å². The Kier molecular flexibility index (Phi) is 2.58. The summed E-state index contributed by atoms with van der Waals surface area (Å²) in [5, 5.41) is 4.12. The van der Waals surface area contributed by atoms with E-state index in [1.165, 1.54) is 0 Å². The van der Waals surface area contributed by atoms with E-state index in [0.717, 1.165) is 11.3 Å². The van der Waals surface area contributed by atoms with Crippen molar-refractivity contribution in [2.24, 2.45) is 0 Å². The fraction of sp³-hybridized carbons (Fsp3) is 0.182. The second kappa shape index (κ2) is 4.04. The molecule has 2 rings (SSSR count). The number of ether oxygens (including phenoxy) is 1. The fourth-order valence-electron chi connectivity index (χ4n) is 1.47. The van der Waals surface area contributed by atoms with E-state index in [2.05, 4.69) is 5.10 Å². The summed E-state index contributed by atoms with van der Waals surface area (Å²) in [6, 6.07) is 9.61. The third-order valence-corrected chi connectivity index (χ3v) is 2.26. The van der Waals surface area contributed by atoms with Crippen LogP contribution in [-0.4, -0.2) is 16.9 Å². The molecular weight excluding hydrogens is 190 g/mol. The van der Waals surface area contributed by atoms with Crippen molar-refractivity contribution in [3.8, 4) is 5.75 Å². The molecule has 15 heavy (non-hydrogen) atoms. The first kappa shape index (κ1) is 9.58. The summed E-state index contributed by atoms with van der Waals surface area (Å²) < 4.78 is 6.99. The van der Waals surface area contributed by atoms with Gasteiger partial charge in [-0.2, -0.15) is 5.10 Å². The van der Waals surface area contributed by atoms with Crippen molar-refractivity contribution in [3.63, 3.8) is 0 Å². The van der Waals surface area contributed by atoms with Crippen molar-refractivity contribution in [1.82, 2.24) is 9.78 Å². The lowest BCUT2D eigenvalue weighted by atomic mass is 10.2. The molecule has 0 atom stereocenters. The van der Waals surface area contributed by atoms with E-state index >= 15 is 0 Å². The Morgan fingerprint density at radius 2 is 2.13 bits per heavy atom. The number of benzene rings is 1. The molecule has 0 aliphatic rings. The lowest BCUT2D eigenvalue weighted by molar-refractivity contribution is 0.407. The lowest BCUT2D eigenvalue weighted by Crippen LogP contribution is -2.06. The van der Waals surface area contributed by atoms with E-state index in [-0.39, 0.29) is 0 Å². The van der Waals surface area contributed by atoms with Crippen LogP contribution in [0.4, 0.5) is 5.82 Å². The first-order valence-corrected chi connectivity index (χ1v) is 4.70. The Morgan fingerprint density at radius 3 is 2.80 bits per heavy atom. The van der Waals surface area contributed by atoms with E-state index in [1.807, 2.05) is 24.3 Å². The molecule has 0 radical (unpaired) electrons. The molecule has 1 aromatic heterocycles. The first-order chi connectivity index (χ1) is 7.31. The van der Waals surface area contributed by atoms with Crippen LogP contribution in [0.15, 0.2) is 36.5 Å². The number of nitrogens with zero attached hydrogens (tertiary/aromatic N) is 2. The maximum Gasteiger partial charge on any atom is 0.123 e. The van der Waals surface area contributed by atoms with Crippen molar-refractivity contribution < 1.29 is 4.74 Å². The average Bonchev–Trinajstić information content (AvgIpc) is 2.65. The summed E-state index contributed by atoms with van der Waals surface area (Å²) in [7, 11) is 1.66. The van der Waals surface area contributed by atoms with Gasteiger partial charge in [-0.3, -0.25) is 0 Å². The largest absolute Gasteiger partial charge is 0.496 e. The highest BCUT2D eigenvalue weighted by atomic mass is 16.5. The summed E-state index contributed by atoms with van der Waals surface area (Å²) in [6.07, 6.45) is 1.69. The highest BCUT2D eigenvalue weighted by Gasteiger charge is 2.04. The Labute approximate surface area is 88.3 Å². The topological polar surface area (TPSA) is 53.1 Å². The number of anilines is 1. The molecule has 2 aromatic rings. The summed E-state index contributed by atoms with van der Waals surface area (Å²) in [6.45, 7) is 0.628. The molecule has 0 spiro atoms. The predicted octanol–water partition coefficient (Wildman–Crippen LogP) is 1.52. The molecule has 4 heteroatoms. The number of hydrogen-bond acceptors (Lipinski definition) is 3. The zero-order chi connectivity index (χ0) is 10.7. The molecule has 0 saturated carbocycles. The van der Waals surface area contributed by atoms with Gasteiger partial charge < -0.3 is 10.5 Å². The van der Waals surface area contributed by atoms with Gasteiger partial charge in [0.1, 0.15) is 11.6 Å². The van der Waals surface area contributed by atoms with Gasteiger partial charge in [-0.05, 0) is 12.1 Å². The van der Waals surface area contributed by atoms with Gasteiger partial charge in [0.05, 0.1) is 19.9 Å². The molecular formula is C11H13N3O. The number of aromatic nitrogens is 2. The molecule has 0 aliphatic carbocycles. The van der Waals surface area contributed by atoms with Crippen molar-refractivity contribution >= 4 is 5.82 Å². The highest BCUT2D eigenvalue weighted by Crippen LogP contribution is 2.18. The summed E-state index contributed by atoms with van der Waals surface area (Å²) in [4.78, 5) is 0. The van der Waals surface area contributed by atoms with E-state index in [9.17, 15) is 0 Å². The van der Waals surface area contributed by atoms with Gasteiger partial charge in [0.2, 0.25) is 0 Å². The van der Waals surface area contributed by atoms with Crippen molar-refractivity contribution in [3.05, 3.63) is 42.1 Å². The third kappa shape index (κ3) is 1.93. The van der Waals surface area contributed by atoms with Crippen molar-refractivity contribution in [2.75, 3.05) is 12.8 Å². The molecule has 78 valence electrons. The monoisotopic (exact) mass is 203 g/mol. The zero-order valence-corrected chi connectivity index (χ0v) is 8.55. The Morgan fingerprint density at radius 1 is 1.33 bits per heavy atom. The van der Waals surface area contributed by atoms with Crippen molar-refractivity contribution in [2.45, 2.75) is 6.54 Å². The van der Waals surface area contributed by atoms with E-state index in [0.29, 0.717) is 12.4 Å². The van der Waals surface area contributed by atoms with Gasteiger partial charge in [0.15, 0.2) is 0 Å². The van der Waals surface area contributed by atoms with Gasteiger partial charge >= 0.3 is 0 Å². The van der Waals surface area contributed by atoms with Crippen LogP contribution < -0.4 is 10.5 Å². The molecule has 1 aromatic carbocycles. The summed E-state index contributed by atoms with van der Waals surface area (Å²) >= 11 is 0. The molecule has 1 heterocycles. The summed E-state index contributed by atoms with van der Waals surface area (Å²) in [5.74, 6) is 1.51. The lowest BCUT2D eigenvalue weighted by Gasteiger charge is -2.08. The Bertz CT molecular complexity index is 451. The number of rotatable bonds is 3. The minimum Gasteiger partial charge on any atom is -0.496 e. The van der Waals surface area contributed by atoms with Gasteiger partial charge in [-0.1, -0.05) is 18.2 Å². The Hall–Kier alpha value is -1.97. The fourth-order valence-corrected chi connectivity index (χ4v) is 1.47. The van der Waals surface area contributed by atoms with Gasteiger partial charge in [-0.25, -0.2) is 4.68 Å². The molecule has 0 bridgehead atoms. The molecule has 0 amide bonds. The first-order valence-electron chi connectivity index (χ1n) is 4.70. The summed E-state index contributed by atoms with van der Waals surface area (Å²) in [5.41, 5.74) is 6.80. The normalized spacial score (nSPS) is 10.2. The predicted molar refractivity (Wildman–Crippen MR) is 58.7 cm³/mol. The molecule has 2 N–H and O–H groups in total. The number of para-hydroxylation sites is 1. The van der Waals surface area contributed by atoms with E-state index in [4.69, 9.17) is 10.5 Å². The number of nitrogens with two attached hydrogens (primary N) is 1. The van der Waals surface area contributed by atoms with Crippen LogP contribution in [0, 0.1) is 0 Å². The Balaban J connectivity index is 2.28. The molecule has 4 nitrogen and oxygen atoms in total. The van der Waals surface area contributed by atoms with E-state index < -0.39 is 0 Å². The van der Waals surface area contributed by atoms with Crippen LogP contribution in [0.3, 0.4) is 0 Å². The second-order valence-corrected chi connectivity index (χ2v) is 3.23. The molecule has 0 saturated heterocycles.